The molecule has 0 aromatic heterocycles. The first kappa shape index (κ1) is 15.8. The van der Waals surface area contributed by atoms with Crippen molar-refractivity contribution < 1.29 is 18.0 Å². The van der Waals surface area contributed by atoms with Crippen LogP contribution in [0.5, 0.6) is 0 Å². The number of benzene rings is 1. The molecule has 6 heteroatoms. The predicted octanol–water partition coefficient (Wildman–Crippen LogP) is 3.46. The number of rotatable bonds is 2. The minimum atomic E-state index is -4.31. The van der Waals surface area contributed by atoms with Crippen LogP contribution in [0.3, 0.4) is 0 Å². The van der Waals surface area contributed by atoms with Crippen LogP contribution in [0.4, 0.5) is 13.2 Å². The Kier molecular flexibility index (Phi) is 5.23. The van der Waals surface area contributed by atoms with E-state index in [9.17, 15) is 18.0 Å². The van der Waals surface area contributed by atoms with Gasteiger partial charge in [0.1, 0.15) is 0 Å². The summed E-state index contributed by atoms with van der Waals surface area (Å²) in [6, 6.07) is 5.72. The fourth-order valence-electron chi connectivity index (χ4n) is 2.43. The smallest absolute Gasteiger partial charge is 0.345 e. The van der Waals surface area contributed by atoms with Gasteiger partial charge in [-0.3, -0.25) is 4.79 Å². The number of hydrogen-bond donors (Lipinski definition) is 0. The molecule has 1 aromatic carbocycles. The van der Waals surface area contributed by atoms with Gasteiger partial charge in [-0.2, -0.15) is 13.2 Å². The molecule has 19 heavy (non-hydrogen) atoms. The summed E-state index contributed by atoms with van der Waals surface area (Å²) < 4.78 is 38.6. The lowest BCUT2D eigenvalue weighted by Gasteiger charge is -2.30. The van der Waals surface area contributed by atoms with E-state index in [-0.39, 0.29) is 18.3 Å². The molecular weight excluding hydrogens is 279 g/mol. The molecule has 0 N–H and O–H groups in total. The van der Waals surface area contributed by atoms with E-state index in [0.717, 1.165) is 12.5 Å². The third-order valence-corrected chi connectivity index (χ3v) is 3.38. The summed E-state index contributed by atoms with van der Waals surface area (Å²) >= 11 is 0. The van der Waals surface area contributed by atoms with Gasteiger partial charge >= 0.3 is 6.18 Å². The van der Waals surface area contributed by atoms with Gasteiger partial charge in [0, 0.05) is 13.1 Å². The Labute approximate surface area is 116 Å². The lowest BCUT2D eigenvalue weighted by molar-refractivity contribution is -0.138. The Balaban J connectivity index is 0.00000180. The first-order chi connectivity index (χ1) is 8.52. The number of nitrogens with zero attached hydrogens (tertiary/aromatic N) is 1. The average Bonchev–Trinajstić information content (AvgIpc) is 2.38. The van der Waals surface area contributed by atoms with E-state index < -0.39 is 11.7 Å². The zero-order valence-corrected chi connectivity index (χ0v) is 11.0. The highest BCUT2D eigenvalue weighted by Gasteiger charge is 2.35. The van der Waals surface area contributed by atoms with Crippen LogP contribution in [-0.4, -0.2) is 24.4 Å². The fraction of sp³-hybridized carbons (Fsp3) is 0.462. The Morgan fingerprint density at radius 3 is 2.26 bits per heavy atom. The highest BCUT2D eigenvalue weighted by Crippen LogP contribution is 2.38. The SMILES string of the molecule is Cl.O=CN1CCC(c2ccccc2C(F)(F)F)CC1. The van der Waals surface area contributed by atoms with Gasteiger partial charge in [0.25, 0.3) is 0 Å². The van der Waals surface area contributed by atoms with Gasteiger partial charge in [0.05, 0.1) is 5.56 Å². The van der Waals surface area contributed by atoms with Gasteiger partial charge in [-0.25, -0.2) is 0 Å². The molecule has 1 saturated heterocycles. The molecule has 1 heterocycles. The molecule has 0 spiro atoms. The highest BCUT2D eigenvalue weighted by atomic mass is 35.5. The van der Waals surface area contributed by atoms with Crippen LogP contribution in [0.25, 0.3) is 0 Å². The molecular formula is C13H15ClF3NO. The van der Waals surface area contributed by atoms with Crippen molar-refractivity contribution in [2.75, 3.05) is 13.1 Å². The van der Waals surface area contributed by atoms with Gasteiger partial charge in [0.2, 0.25) is 6.41 Å². The summed E-state index contributed by atoms with van der Waals surface area (Å²) in [6.07, 6.45) is -2.37. The zero-order valence-electron chi connectivity index (χ0n) is 10.2. The molecule has 0 aliphatic carbocycles. The number of piperidine rings is 1. The number of alkyl halides is 3. The summed E-state index contributed by atoms with van der Waals surface area (Å²) in [4.78, 5) is 12.2. The average molecular weight is 294 g/mol. The Morgan fingerprint density at radius 2 is 1.74 bits per heavy atom. The summed E-state index contributed by atoms with van der Waals surface area (Å²) in [5, 5.41) is 0. The number of carbonyl (C=O) groups is 1. The number of carbonyl (C=O) groups excluding carboxylic acids is 1. The van der Waals surface area contributed by atoms with Crippen LogP contribution < -0.4 is 0 Å². The van der Waals surface area contributed by atoms with Crippen LogP contribution in [-0.2, 0) is 11.0 Å². The lowest BCUT2D eigenvalue weighted by atomic mass is 9.86. The Hall–Kier alpha value is -1.23. The first-order valence-corrected chi connectivity index (χ1v) is 5.88. The van der Waals surface area contributed by atoms with Gasteiger partial charge in [0.15, 0.2) is 0 Å². The molecule has 1 fully saturated rings. The van der Waals surface area contributed by atoms with Crippen molar-refractivity contribution in [2.24, 2.45) is 0 Å². The van der Waals surface area contributed by atoms with Crippen molar-refractivity contribution in [1.29, 1.82) is 0 Å². The van der Waals surface area contributed by atoms with Crippen molar-refractivity contribution in [3.63, 3.8) is 0 Å². The molecule has 1 aliphatic rings. The topological polar surface area (TPSA) is 20.3 Å². The van der Waals surface area contributed by atoms with Gasteiger partial charge in [-0.15, -0.1) is 12.4 Å². The normalized spacial score (nSPS) is 16.9. The van der Waals surface area contributed by atoms with Crippen molar-refractivity contribution in [3.8, 4) is 0 Å². The first-order valence-electron chi connectivity index (χ1n) is 5.88. The van der Waals surface area contributed by atoms with Gasteiger partial charge in [-0.05, 0) is 30.4 Å². The number of hydrogen-bond acceptors (Lipinski definition) is 1. The standard InChI is InChI=1S/C13H14F3NO.ClH/c14-13(15,16)12-4-2-1-3-11(12)10-5-7-17(9-18)8-6-10;/h1-4,9-10H,5-8H2;1H. The quantitative estimate of drug-likeness (QED) is 0.765. The molecule has 1 aliphatic heterocycles. The largest absolute Gasteiger partial charge is 0.416 e. The second-order valence-corrected chi connectivity index (χ2v) is 4.50. The van der Waals surface area contributed by atoms with Crippen molar-refractivity contribution >= 4 is 18.8 Å². The van der Waals surface area contributed by atoms with E-state index in [0.29, 0.717) is 31.5 Å². The summed E-state index contributed by atoms with van der Waals surface area (Å²) in [5.74, 6) is -0.112. The van der Waals surface area contributed by atoms with Crippen molar-refractivity contribution in [1.82, 2.24) is 4.90 Å². The maximum Gasteiger partial charge on any atom is 0.416 e. The predicted molar refractivity (Wildman–Crippen MR) is 68.3 cm³/mol. The van der Waals surface area contributed by atoms with Gasteiger partial charge in [-0.1, -0.05) is 18.2 Å². The van der Waals surface area contributed by atoms with E-state index in [1.165, 1.54) is 6.07 Å². The molecule has 2 rings (SSSR count). The molecule has 106 valence electrons. The zero-order chi connectivity index (χ0) is 13.2. The van der Waals surface area contributed by atoms with E-state index >= 15 is 0 Å². The highest BCUT2D eigenvalue weighted by molar-refractivity contribution is 5.85. The lowest BCUT2D eigenvalue weighted by Crippen LogP contribution is -2.32. The Bertz CT molecular complexity index is 428. The summed E-state index contributed by atoms with van der Waals surface area (Å²) in [7, 11) is 0. The van der Waals surface area contributed by atoms with Crippen LogP contribution in [0.1, 0.15) is 29.9 Å². The molecule has 0 bridgehead atoms. The molecule has 0 saturated carbocycles. The van der Waals surface area contributed by atoms with Crippen LogP contribution in [0.15, 0.2) is 24.3 Å². The summed E-state index contributed by atoms with van der Waals surface area (Å²) in [6.45, 7) is 1.06. The minimum absolute atomic E-state index is 0. The van der Waals surface area contributed by atoms with E-state index in [2.05, 4.69) is 0 Å². The maximum atomic E-state index is 12.9. The molecule has 1 aromatic rings. The fourth-order valence-corrected chi connectivity index (χ4v) is 2.43. The van der Waals surface area contributed by atoms with Crippen LogP contribution in [0, 0.1) is 0 Å². The van der Waals surface area contributed by atoms with Crippen LogP contribution >= 0.6 is 12.4 Å². The molecule has 1 amide bonds. The third kappa shape index (κ3) is 3.62. The van der Waals surface area contributed by atoms with Crippen molar-refractivity contribution in [2.45, 2.75) is 24.9 Å². The summed E-state index contributed by atoms with van der Waals surface area (Å²) in [5.41, 5.74) is -0.190. The number of likely N-dealkylation sites (tertiary alicyclic amines) is 1. The van der Waals surface area contributed by atoms with E-state index in [1.54, 1.807) is 17.0 Å². The minimum Gasteiger partial charge on any atom is -0.345 e. The third-order valence-electron chi connectivity index (χ3n) is 3.38. The monoisotopic (exact) mass is 293 g/mol. The Morgan fingerprint density at radius 1 is 1.16 bits per heavy atom. The molecule has 0 unspecified atom stereocenters. The second kappa shape index (κ2) is 6.28. The molecule has 0 atom stereocenters. The molecule has 0 radical (unpaired) electrons. The maximum absolute atomic E-state index is 12.9. The molecule has 2 nitrogen and oxygen atoms in total. The van der Waals surface area contributed by atoms with Gasteiger partial charge < -0.3 is 4.90 Å². The van der Waals surface area contributed by atoms with Crippen molar-refractivity contribution in [3.05, 3.63) is 35.4 Å². The second-order valence-electron chi connectivity index (χ2n) is 4.50. The van der Waals surface area contributed by atoms with E-state index in [1.807, 2.05) is 0 Å². The van der Waals surface area contributed by atoms with Crippen LogP contribution in [0.2, 0.25) is 0 Å². The van der Waals surface area contributed by atoms with E-state index in [4.69, 9.17) is 0 Å². The number of halogens is 4. The number of amides is 1.